The number of carbonyl (C=O) groups is 1. The van der Waals surface area contributed by atoms with Crippen molar-refractivity contribution in [2.45, 2.75) is 26.3 Å². The molecule has 0 bridgehead atoms. The van der Waals surface area contributed by atoms with Gasteiger partial charge in [-0.05, 0) is 26.3 Å². The highest BCUT2D eigenvalue weighted by atomic mass is 32.1. The first-order valence-corrected chi connectivity index (χ1v) is 9.23. The van der Waals surface area contributed by atoms with Crippen molar-refractivity contribution in [3.8, 4) is 0 Å². The van der Waals surface area contributed by atoms with Crippen LogP contribution in [0.5, 0.6) is 0 Å². The van der Waals surface area contributed by atoms with E-state index in [9.17, 15) is 13.6 Å². The predicted molar refractivity (Wildman–Crippen MR) is 93.7 cm³/mol. The Morgan fingerprint density at radius 1 is 1.24 bits per heavy atom. The molecule has 1 saturated heterocycles. The molecule has 7 heteroatoms. The van der Waals surface area contributed by atoms with Crippen LogP contribution in [0.15, 0.2) is 23.7 Å². The van der Waals surface area contributed by atoms with Gasteiger partial charge in [0.25, 0.3) is 5.91 Å². The average Bonchev–Trinajstić information content (AvgIpc) is 2.86. The molecule has 1 aromatic carbocycles. The van der Waals surface area contributed by atoms with E-state index in [0.717, 1.165) is 24.7 Å². The molecule has 0 spiro atoms. The van der Waals surface area contributed by atoms with Gasteiger partial charge in [0.15, 0.2) is 0 Å². The number of rotatable bonds is 3. The highest BCUT2D eigenvalue weighted by Crippen LogP contribution is 2.25. The lowest BCUT2D eigenvalue weighted by molar-refractivity contribution is 0.0762. The first kappa shape index (κ1) is 17.9. The van der Waals surface area contributed by atoms with Crippen LogP contribution < -0.4 is 0 Å². The number of halogens is 2. The van der Waals surface area contributed by atoms with Crippen molar-refractivity contribution in [3.63, 3.8) is 0 Å². The Labute approximate surface area is 150 Å². The van der Waals surface area contributed by atoms with Crippen molar-refractivity contribution in [2.75, 3.05) is 26.2 Å². The van der Waals surface area contributed by atoms with Gasteiger partial charge in [0.1, 0.15) is 16.5 Å². The van der Waals surface area contributed by atoms with E-state index in [1.165, 1.54) is 23.5 Å². The van der Waals surface area contributed by atoms with Crippen LogP contribution in [0, 0.1) is 18.6 Å². The summed E-state index contributed by atoms with van der Waals surface area (Å²) in [5, 5.41) is 0. The second kappa shape index (κ2) is 7.58. The van der Waals surface area contributed by atoms with Crippen molar-refractivity contribution in [2.24, 2.45) is 0 Å². The molecular formula is C18H21F2N3OS. The molecule has 0 saturated carbocycles. The summed E-state index contributed by atoms with van der Waals surface area (Å²) in [7, 11) is 0. The molecule has 4 nitrogen and oxygen atoms in total. The summed E-state index contributed by atoms with van der Waals surface area (Å²) in [6, 6.07) is 3.55. The molecule has 25 heavy (non-hydrogen) atoms. The average molecular weight is 365 g/mol. The quantitative estimate of drug-likeness (QED) is 0.833. The topological polar surface area (TPSA) is 36.4 Å². The molecule has 1 aliphatic rings. The highest BCUT2D eigenvalue weighted by molar-refractivity contribution is 7.11. The number of amides is 1. The molecule has 0 aliphatic carbocycles. The smallest absolute Gasteiger partial charge is 0.265 e. The van der Waals surface area contributed by atoms with Crippen molar-refractivity contribution in [1.82, 2.24) is 14.8 Å². The lowest BCUT2D eigenvalue weighted by atomic mass is 10.1. The fourth-order valence-corrected chi connectivity index (χ4v) is 3.99. The van der Waals surface area contributed by atoms with E-state index >= 15 is 0 Å². The van der Waals surface area contributed by atoms with Gasteiger partial charge in [0, 0.05) is 43.9 Å². The minimum Gasteiger partial charge on any atom is -0.337 e. The summed E-state index contributed by atoms with van der Waals surface area (Å²) in [5.74, 6) is -1.08. The van der Waals surface area contributed by atoms with Gasteiger partial charge in [-0.15, -0.1) is 11.3 Å². The molecule has 0 unspecified atom stereocenters. The largest absolute Gasteiger partial charge is 0.337 e. The molecule has 1 atom stereocenters. The molecular weight excluding hydrogens is 344 g/mol. The maximum atomic E-state index is 14.1. The molecule has 0 radical (unpaired) electrons. The van der Waals surface area contributed by atoms with Crippen LogP contribution in [0.25, 0.3) is 0 Å². The Hall–Kier alpha value is -1.86. The van der Waals surface area contributed by atoms with E-state index in [4.69, 9.17) is 0 Å². The van der Waals surface area contributed by atoms with Gasteiger partial charge in [0.2, 0.25) is 0 Å². The lowest BCUT2D eigenvalue weighted by Crippen LogP contribution is -2.36. The van der Waals surface area contributed by atoms with Crippen LogP contribution in [-0.4, -0.2) is 46.9 Å². The number of carbonyl (C=O) groups excluding carboxylic acids is 1. The summed E-state index contributed by atoms with van der Waals surface area (Å²) < 4.78 is 27.2. The first-order valence-electron chi connectivity index (χ1n) is 8.35. The molecule has 1 amide bonds. The van der Waals surface area contributed by atoms with E-state index in [2.05, 4.69) is 9.88 Å². The summed E-state index contributed by atoms with van der Waals surface area (Å²) in [4.78, 5) is 21.5. The number of benzene rings is 1. The Kier molecular flexibility index (Phi) is 5.44. The van der Waals surface area contributed by atoms with Crippen LogP contribution in [0.3, 0.4) is 0 Å². The maximum absolute atomic E-state index is 14.1. The fourth-order valence-electron chi connectivity index (χ4n) is 3.22. The third-order valence-corrected chi connectivity index (χ3v) is 5.63. The van der Waals surface area contributed by atoms with E-state index in [1.807, 2.05) is 18.7 Å². The minimum absolute atomic E-state index is 0.0162. The summed E-state index contributed by atoms with van der Waals surface area (Å²) >= 11 is 1.36. The van der Waals surface area contributed by atoms with Crippen molar-refractivity contribution >= 4 is 17.2 Å². The minimum atomic E-state index is -0.569. The number of aryl methyl sites for hydroxylation is 1. The van der Waals surface area contributed by atoms with E-state index in [-0.39, 0.29) is 11.9 Å². The zero-order chi connectivity index (χ0) is 18.0. The SMILES string of the molecule is Cc1ncsc1C(=O)N1CCCN([C@@H](C)c2ccc(F)cc2F)CC1. The molecule has 2 aromatic rings. The Morgan fingerprint density at radius 2 is 2.04 bits per heavy atom. The molecule has 134 valence electrons. The second-order valence-corrected chi connectivity index (χ2v) is 7.15. The normalized spacial score (nSPS) is 17.4. The van der Waals surface area contributed by atoms with Crippen molar-refractivity contribution in [3.05, 3.63) is 51.5 Å². The van der Waals surface area contributed by atoms with E-state index in [1.54, 1.807) is 5.51 Å². The number of hydrogen-bond donors (Lipinski definition) is 0. The third-order valence-electron chi connectivity index (χ3n) is 4.72. The predicted octanol–water partition coefficient (Wildman–Crippen LogP) is 3.64. The van der Waals surface area contributed by atoms with Gasteiger partial charge in [-0.2, -0.15) is 0 Å². The van der Waals surface area contributed by atoms with Crippen LogP contribution in [-0.2, 0) is 0 Å². The number of nitrogens with zero attached hydrogens (tertiary/aromatic N) is 3. The summed E-state index contributed by atoms with van der Waals surface area (Å²) in [5.41, 5.74) is 2.93. The van der Waals surface area contributed by atoms with Crippen LogP contribution in [0.2, 0.25) is 0 Å². The van der Waals surface area contributed by atoms with Gasteiger partial charge in [-0.1, -0.05) is 6.07 Å². The molecule has 0 N–H and O–H groups in total. The molecule has 1 fully saturated rings. The Morgan fingerprint density at radius 3 is 2.72 bits per heavy atom. The van der Waals surface area contributed by atoms with Gasteiger partial charge < -0.3 is 4.90 Å². The van der Waals surface area contributed by atoms with Gasteiger partial charge in [0.05, 0.1) is 11.2 Å². The van der Waals surface area contributed by atoms with Crippen LogP contribution in [0.4, 0.5) is 8.78 Å². The maximum Gasteiger partial charge on any atom is 0.265 e. The molecule has 1 aromatic heterocycles. The highest BCUT2D eigenvalue weighted by Gasteiger charge is 2.26. The van der Waals surface area contributed by atoms with Gasteiger partial charge >= 0.3 is 0 Å². The fraction of sp³-hybridized carbons (Fsp3) is 0.444. The number of aromatic nitrogens is 1. The van der Waals surface area contributed by atoms with E-state index in [0.29, 0.717) is 30.1 Å². The molecule has 1 aliphatic heterocycles. The monoisotopic (exact) mass is 365 g/mol. The first-order chi connectivity index (χ1) is 12.0. The summed E-state index contributed by atoms with van der Waals surface area (Å²) in [6.07, 6.45) is 0.816. The Balaban J connectivity index is 1.69. The zero-order valence-corrected chi connectivity index (χ0v) is 15.2. The standard InChI is InChI=1S/C18H21F2N3OS/c1-12-17(25-11-21-12)18(24)23-7-3-6-22(8-9-23)13(2)15-5-4-14(19)10-16(15)20/h4-5,10-11,13H,3,6-9H2,1-2H3/t13-/m0/s1. The molecule has 3 rings (SSSR count). The van der Waals surface area contributed by atoms with E-state index < -0.39 is 11.6 Å². The molecule has 2 heterocycles. The van der Waals surface area contributed by atoms with Crippen LogP contribution in [0.1, 0.15) is 40.3 Å². The Bertz CT molecular complexity index is 765. The second-order valence-electron chi connectivity index (χ2n) is 6.29. The lowest BCUT2D eigenvalue weighted by Gasteiger charge is -2.28. The number of hydrogen-bond acceptors (Lipinski definition) is 4. The summed E-state index contributed by atoms with van der Waals surface area (Å²) in [6.45, 7) is 6.44. The van der Waals surface area contributed by atoms with Crippen LogP contribution >= 0.6 is 11.3 Å². The number of thiazole rings is 1. The van der Waals surface area contributed by atoms with Gasteiger partial charge in [-0.25, -0.2) is 13.8 Å². The van der Waals surface area contributed by atoms with Crippen molar-refractivity contribution < 1.29 is 13.6 Å². The third kappa shape index (κ3) is 3.88. The zero-order valence-electron chi connectivity index (χ0n) is 14.3. The van der Waals surface area contributed by atoms with Crippen molar-refractivity contribution in [1.29, 1.82) is 0 Å². The van der Waals surface area contributed by atoms with Gasteiger partial charge in [-0.3, -0.25) is 9.69 Å².